The van der Waals surface area contributed by atoms with Crippen molar-refractivity contribution < 1.29 is 4.79 Å². The Labute approximate surface area is 129 Å². The van der Waals surface area contributed by atoms with Gasteiger partial charge < -0.3 is 16.8 Å². The predicted molar refractivity (Wildman–Crippen MR) is 85.3 cm³/mol. The fourth-order valence-electron chi connectivity index (χ4n) is 1.92. The molecule has 0 aromatic carbocycles. The van der Waals surface area contributed by atoms with E-state index in [1.54, 1.807) is 30.5 Å². The predicted octanol–water partition coefficient (Wildman–Crippen LogP) is 1.98. The number of pyridine rings is 2. The number of nitrogens with zero attached hydrogens (tertiary/aromatic N) is 3. The minimum Gasteiger partial charge on any atom is -0.397 e. The van der Waals surface area contributed by atoms with Crippen molar-refractivity contribution in [2.24, 2.45) is 0 Å². The van der Waals surface area contributed by atoms with Crippen molar-refractivity contribution in [3.05, 3.63) is 40.9 Å². The topological polar surface area (TPSA) is 131 Å². The molecule has 0 spiro atoms. The first-order chi connectivity index (χ1) is 10.6. The molecule has 0 fully saturated rings. The number of hydrogen-bond acceptors (Lipinski definition) is 7. The molecule has 8 heteroatoms. The molecule has 0 unspecified atom stereocenters. The molecular weight excluding hydrogens is 300 g/mol. The van der Waals surface area contributed by atoms with E-state index in [0.29, 0.717) is 20.9 Å². The van der Waals surface area contributed by atoms with Gasteiger partial charge in [0.1, 0.15) is 27.4 Å². The number of nitrogens with one attached hydrogen (secondary N) is 1. The Hall–Kier alpha value is -3.18. The minimum atomic E-state index is -0.378. The Kier molecular flexibility index (Phi) is 3.33. The van der Waals surface area contributed by atoms with Gasteiger partial charge in [0.15, 0.2) is 0 Å². The highest BCUT2D eigenvalue weighted by Gasteiger charge is 2.19. The van der Waals surface area contributed by atoms with E-state index >= 15 is 0 Å². The molecule has 3 heterocycles. The van der Waals surface area contributed by atoms with E-state index in [9.17, 15) is 4.79 Å². The van der Waals surface area contributed by atoms with Crippen molar-refractivity contribution in [3.63, 3.8) is 0 Å². The van der Waals surface area contributed by atoms with Crippen LogP contribution in [-0.4, -0.2) is 15.9 Å². The fourth-order valence-corrected chi connectivity index (χ4v) is 2.90. The molecule has 0 radical (unpaired) electrons. The quantitative estimate of drug-likeness (QED) is 0.663. The number of rotatable bonds is 2. The van der Waals surface area contributed by atoms with Crippen LogP contribution in [0.2, 0.25) is 0 Å². The molecule has 0 aliphatic heterocycles. The van der Waals surface area contributed by atoms with E-state index in [4.69, 9.17) is 16.7 Å². The third-order valence-corrected chi connectivity index (χ3v) is 4.10. The van der Waals surface area contributed by atoms with Crippen molar-refractivity contribution in [2.45, 2.75) is 0 Å². The maximum absolute atomic E-state index is 12.3. The molecule has 0 saturated carbocycles. The van der Waals surface area contributed by atoms with Gasteiger partial charge in [-0.2, -0.15) is 5.26 Å². The number of fused-ring (bicyclic) bond motifs is 1. The van der Waals surface area contributed by atoms with Gasteiger partial charge in [-0.05, 0) is 18.2 Å². The van der Waals surface area contributed by atoms with Gasteiger partial charge in [-0.15, -0.1) is 11.3 Å². The standard InChI is InChI=1S/C14H10N6OS/c15-6-7-5-8-10(16)11(22-14(8)20-12(7)17)13(21)19-9-3-1-2-4-18-9/h1-5H,16H2,(H2,17,20)(H,18,19,21). The summed E-state index contributed by atoms with van der Waals surface area (Å²) in [5.74, 6) is 0.166. The van der Waals surface area contributed by atoms with E-state index in [2.05, 4.69) is 15.3 Å². The third-order valence-electron chi connectivity index (χ3n) is 2.98. The van der Waals surface area contributed by atoms with E-state index in [0.717, 1.165) is 11.3 Å². The average Bonchev–Trinajstić information content (AvgIpc) is 2.83. The van der Waals surface area contributed by atoms with Crippen LogP contribution < -0.4 is 16.8 Å². The summed E-state index contributed by atoms with van der Waals surface area (Å²) in [6, 6.07) is 8.67. The molecule has 108 valence electrons. The zero-order chi connectivity index (χ0) is 15.7. The number of anilines is 3. The highest BCUT2D eigenvalue weighted by atomic mass is 32.1. The highest BCUT2D eigenvalue weighted by molar-refractivity contribution is 7.21. The molecule has 0 bridgehead atoms. The van der Waals surface area contributed by atoms with E-state index in [1.165, 1.54) is 0 Å². The number of nitriles is 1. The van der Waals surface area contributed by atoms with Crippen LogP contribution in [-0.2, 0) is 0 Å². The maximum Gasteiger partial charge on any atom is 0.269 e. The highest BCUT2D eigenvalue weighted by Crippen LogP contribution is 2.34. The lowest BCUT2D eigenvalue weighted by Crippen LogP contribution is -2.12. The van der Waals surface area contributed by atoms with Crippen molar-refractivity contribution in [3.8, 4) is 6.07 Å². The van der Waals surface area contributed by atoms with Gasteiger partial charge in [0, 0.05) is 11.6 Å². The fraction of sp³-hybridized carbons (Fsp3) is 0. The summed E-state index contributed by atoms with van der Waals surface area (Å²) < 4.78 is 0. The molecule has 0 aliphatic carbocycles. The number of thiophene rings is 1. The van der Waals surface area contributed by atoms with Crippen LogP contribution in [0.5, 0.6) is 0 Å². The first-order valence-electron chi connectivity index (χ1n) is 6.21. The zero-order valence-corrected chi connectivity index (χ0v) is 12.0. The van der Waals surface area contributed by atoms with Crippen LogP contribution in [0, 0.1) is 11.3 Å². The van der Waals surface area contributed by atoms with Crippen molar-refractivity contribution in [1.29, 1.82) is 5.26 Å². The summed E-state index contributed by atoms with van der Waals surface area (Å²) in [6.07, 6.45) is 1.57. The lowest BCUT2D eigenvalue weighted by molar-refractivity contribution is 0.103. The molecule has 22 heavy (non-hydrogen) atoms. The maximum atomic E-state index is 12.3. The lowest BCUT2D eigenvalue weighted by Gasteiger charge is -2.02. The van der Waals surface area contributed by atoms with Gasteiger partial charge in [0.2, 0.25) is 0 Å². The van der Waals surface area contributed by atoms with Crippen LogP contribution >= 0.6 is 11.3 Å². The van der Waals surface area contributed by atoms with Crippen LogP contribution in [0.15, 0.2) is 30.5 Å². The molecule has 3 aromatic rings. The first-order valence-corrected chi connectivity index (χ1v) is 7.02. The van der Waals surface area contributed by atoms with Gasteiger partial charge in [0.25, 0.3) is 5.91 Å². The van der Waals surface area contributed by atoms with Crippen molar-refractivity contribution in [2.75, 3.05) is 16.8 Å². The normalized spacial score (nSPS) is 10.3. The van der Waals surface area contributed by atoms with Gasteiger partial charge in [0.05, 0.1) is 11.3 Å². The second-order valence-electron chi connectivity index (χ2n) is 4.40. The number of carbonyl (C=O) groups is 1. The minimum absolute atomic E-state index is 0.118. The Balaban J connectivity index is 2.03. The summed E-state index contributed by atoms with van der Waals surface area (Å²) in [5, 5.41) is 12.2. The SMILES string of the molecule is N#Cc1cc2c(N)c(C(=O)Nc3ccccn3)sc2nc1N. The Morgan fingerprint density at radius 1 is 1.36 bits per heavy atom. The van der Waals surface area contributed by atoms with Gasteiger partial charge in [-0.1, -0.05) is 6.07 Å². The smallest absolute Gasteiger partial charge is 0.269 e. The van der Waals surface area contributed by atoms with Gasteiger partial charge in [-0.25, -0.2) is 9.97 Å². The Bertz CT molecular complexity index is 912. The molecule has 7 nitrogen and oxygen atoms in total. The van der Waals surface area contributed by atoms with Crippen LogP contribution in [0.25, 0.3) is 10.2 Å². The van der Waals surface area contributed by atoms with Crippen molar-refractivity contribution in [1.82, 2.24) is 9.97 Å². The monoisotopic (exact) mass is 310 g/mol. The number of amides is 1. The molecule has 3 aromatic heterocycles. The number of hydrogen-bond donors (Lipinski definition) is 3. The Morgan fingerprint density at radius 3 is 2.86 bits per heavy atom. The summed E-state index contributed by atoms with van der Waals surface area (Å²) >= 11 is 1.12. The van der Waals surface area contributed by atoms with Gasteiger partial charge in [-0.3, -0.25) is 4.79 Å². The molecule has 0 atom stereocenters. The van der Waals surface area contributed by atoms with E-state index in [1.807, 2.05) is 6.07 Å². The number of aromatic nitrogens is 2. The zero-order valence-electron chi connectivity index (χ0n) is 11.2. The van der Waals surface area contributed by atoms with Crippen molar-refractivity contribution >= 4 is 44.8 Å². The molecule has 0 saturated heterocycles. The summed E-state index contributed by atoms with van der Waals surface area (Å²) in [6.45, 7) is 0. The van der Waals surface area contributed by atoms with Gasteiger partial charge >= 0.3 is 0 Å². The van der Waals surface area contributed by atoms with E-state index in [-0.39, 0.29) is 23.0 Å². The van der Waals surface area contributed by atoms with Crippen LogP contribution in [0.1, 0.15) is 15.2 Å². The van der Waals surface area contributed by atoms with Crippen LogP contribution in [0.3, 0.4) is 0 Å². The molecule has 0 aliphatic rings. The molecular formula is C14H10N6OS. The lowest BCUT2D eigenvalue weighted by atomic mass is 10.2. The first kappa shape index (κ1) is 13.8. The number of nitrogens with two attached hydrogens (primary N) is 2. The largest absolute Gasteiger partial charge is 0.397 e. The summed E-state index contributed by atoms with van der Waals surface area (Å²) in [5.41, 5.74) is 12.2. The molecule has 5 N–H and O–H groups in total. The average molecular weight is 310 g/mol. The molecule has 1 amide bonds. The second-order valence-corrected chi connectivity index (χ2v) is 5.40. The number of carbonyl (C=O) groups excluding carboxylic acids is 1. The summed E-state index contributed by atoms with van der Waals surface area (Å²) in [4.78, 5) is 21.3. The molecule has 3 rings (SSSR count). The summed E-state index contributed by atoms with van der Waals surface area (Å²) in [7, 11) is 0. The number of nitrogen functional groups attached to an aromatic ring is 2. The van der Waals surface area contributed by atoms with E-state index < -0.39 is 0 Å². The Morgan fingerprint density at radius 2 is 2.18 bits per heavy atom. The third kappa shape index (κ3) is 2.30. The van der Waals surface area contributed by atoms with Crippen LogP contribution in [0.4, 0.5) is 17.3 Å². The second kappa shape index (κ2) is 5.31.